The number of aliphatic hydroxyl groups is 1. The number of fused-ring (bicyclic) bond motifs is 3. The number of hydrogen-bond acceptors (Lipinski definition) is 10. The van der Waals surface area contributed by atoms with Crippen LogP contribution >= 0.6 is 0 Å². The fraction of sp³-hybridized carbons (Fsp3) is 0.571. The van der Waals surface area contributed by atoms with Gasteiger partial charge in [0.05, 0.1) is 25.5 Å². The van der Waals surface area contributed by atoms with Crippen LogP contribution < -0.4 is 10.2 Å². The normalized spacial score (nSPS) is 24.3. The van der Waals surface area contributed by atoms with E-state index in [4.69, 9.17) is 19.8 Å². The van der Waals surface area contributed by atoms with Crippen LogP contribution in [0.3, 0.4) is 0 Å². The van der Waals surface area contributed by atoms with Crippen molar-refractivity contribution in [3.8, 4) is 0 Å². The molecule has 7 rings (SSSR count). The average molecular weight is 517 g/mol. The van der Waals surface area contributed by atoms with Crippen LogP contribution in [0, 0.1) is 0 Å². The summed E-state index contributed by atoms with van der Waals surface area (Å²) >= 11 is 0. The molecule has 2 N–H and O–H groups in total. The Morgan fingerprint density at radius 1 is 0.921 bits per heavy atom. The molecule has 0 aliphatic carbocycles. The lowest BCUT2D eigenvalue weighted by atomic mass is 10.0. The maximum atomic E-state index is 9.14. The number of nitrogens with one attached hydrogen (secondary N) is 1. The van der Waals surface area contributed by atoms with Gasteiger partial charge in [-0.3, -0.25) is 9.80 Å². The molecule has 2 bridgehead atoms. The van der Waals surface area contributed by atoms with Crippen LogP contribution in [0.15, 0.2) is 30.6 Å². The highest BCUT2D eigenvalue weighted by molar-refractivity contribution is 5.90. The Kier molecular flexibility index (Phi) is 6.56. The number of ether oxygens (including phenoxy) is 1. The van der Waals surface area contributed by atoms with Crippen LogP contribution in [0.25, 0.3) is 10.9 Å². The van der Waals surface area contributed by atoms with Crippen molar-refractivity contribution in [3.05, 3.63) is 41.9 Å². The smallest absolute Gasteiger partial charge is 0.229 e. The van der Waals surface area contributed by atoms with E-state index in [1.54, 1.807) is 0 Å². The summed E-state index contributed by atoms with van der Waals surface area (Å²) in [5, 5.41) is 13.5. The quantitative estimate of drug-likeness (QED) is 0.464. The predicted molar refractivity (Wildman–Crippen MR) is 146 cm³/mol. The maximum absolute atomic E-state index is 9.14. The van der Waals surface area contributed by atoms with E-state index < -0.39 is 0 Å². The van der Waals surface area contributed by atoms with E-state index in [9.17, 15) is 0 Å². The standard InChI is InChI=1S/C28H36N8O2/c37-12-11-34-7-9-35(10-8-34)16-19-1-6-25(29-14-19)32-28-30-15-20-13-24(21-17-38-18-21)31-27(26(20)33-28)36-22-2-3-23(36)5-4-22/h1,6,13-15,21-23,37H,2-5,7-12,16-18H2,(H,29,30,32,33). The molecule has 4 aliphatic rings. The molecule has 3 aromatic heterocycles. The number of aromatic nitrogens is 4. The van der Waals surface area contributed by atoms with Crippen molar-refractivity contribution in [1.29, 1.82) is 0 Å². The van der Waals surface area contributed by atoms with Crippen LogP contribution in [0.5, 0.6) is 0 Å². The van der Waals surface area contributed by atoms with Crippen LogP contribution in [0.4, 0.5) is 17.6 Å². The zero-order chi connectivity index (χ0) is 25.5. The van der Waals surface area contributed by atoms with Crippen molar-refractivity contribution in [2.75, 3.05) is 62.8 Å². The summed E-state index contributed by atoms with van der Waals surface area (Å²) < 4.78 is 5.46. The molecule has 0 atom stereocenters. The zero-order valence-electron chi connectivity index (χ0n) is 21.8. The monoisotopic (exact) mass is 516 g/mol. The molecule has 10 nitrogen and oxygen atoms in total. The molecule has 4 saturated heterocycles. The summed E-state index contributed by atoms with van der Waals surface area (Å²) in [4.78, 5) is 26.7. The average Bonchev–Trinajstić information content (AvgIpc) is 3.50. The van der Waals surface area contributed by atoms with Gasteiger partial charge in [-0.25, -0.2) is 19.9 Å². The third kappa shape index (κ3) is 4.70. The Morgan fingerprint density at radius 2 is 1.68 bits per heavy atom. The Labute approximate surface area is 223 Å². The molecule has 0 radical (unpaired) electrons. The van der Waals surface area contributed by atoms with Gasteiger partial charge in [-0.15, -0.1) is 0 Å². The highest BCUT2D eigenvalue weighted by Gasteiger charge is 2.41. The van der Waals surface area contributed by atoms with Crippen LogP contribution in [-0.2, 0) is 11.3 Å². The van der Waals surface area contributed by atoms with E-state index in [-0.39, 0.29) is 6.61 Å². The summed E-state index contributed by atoms with van der Waals surface area (Å²) in [6.45, 7) is 7.38. The fourth-order valence-corrected chi connectivity index (χ4v) is 6.43. The van der Waals surface area contributed by atoms with Crippen LogP contribution in [0.2, 0.25) is 0 Å². The predicted octanol–water partition coefficient (Wildman–Crippen LogP) is 2.52. The zero-order valence-corrected chi connectivity index (χ0v) is 21.8. The second-order valence-electron chi connectivity index (χ2n) is 11.1. The summed E-state index contributed by atoms with van der Waals surface area (Å²) in [6, 6.07) is 7.41. The Balaban J connectivity index is 1.09. The number of pyridine rings is 2. The Bertz CT molecular complexity index is 1260. The van der Waals surface area contributed by atoms with Gasteiger partial charge in [0, 0.05) is 75.1 Å². The minimum absolute atomic E-state index is 0.230. The van der Waals surface area contributed by atoms with E-state index in [0.717, 1.165) is 80.7 Å². The molecule has 4 fully saturated rings. The van der Waals surface area contributed by atoms with Crippen molar-refractivity contribution in [3.63, 3.8) is 0 Å². The second kappa shape index (κ2) is 10.3. The van der Waals surface area contributed by atoms with Crippen molar-refractivity contribution < 1.29 is 9.84 Å². The molecule has 3 aromatic rings. The molecule has 0 spiro atoms. The molecule has 38 heavy (non-hydrogen) atoms. The van der Waals surface area contributed by atoms with Gasteiger partial charge in [0.1, 0.15) is 11.3 Å². The number of hydrogen-bond donors (Lipinski definition) is 2. The third-order valence-corrected chi connectivity index (χ3v) is 8.67. The lowest BCUT2D eigenvalue weighted by molar-refractivity contribution is 0.00681. The van der Waals surface area contributed by atoms with Gasteiger partial charge in [-0.2, -0.15) is 0 Å². The molecule has 0 amide bonds. The fourth-order valence-electron chi connectivity index (χ4n) is 6.43. The minimum Gasteiger partial charge on any atom is -0.395 e. The molecular formula is C28H36N8O2. The first-order chi connectivity index (χ1) is 18.7. The summed E-state index contributed by atoms with van der Waals surface area (Å²) in [7, 11) is 0. The SMILES string of the molecule is OCCN1CCN(Cc2ccc(Nc3ncc4cc(C5COC5)nc(N5C6CCC5CC6)c4n3)nc2)CC1. The topological polar surface area (TPSA) is 103 Å². The first-order valence-corrected chi connectivity index (χ1v) is 14.0. The molecule has 200 valence electrons. The molecule has 0 aromatic carbocycles. The summed E-state index contributed by atoms with van der Waals surface area (Å²) in [5.41, 5.74) is 3.21. The first kappa shape index (κ1) is 24.1. The number of piperazine rings is 1. The van der Waals surface area contributed by atoms with Gasteiger partial charge < -0.3 is 20.1 Å². The maximum Gasteiger partial charge on any atom is 0.229 e. The lowest BCUT2D eigenvalue weighted by Crippen LogP contribution is -2.46. The number of β-amino-alcohol motifs (C(OH)–C–C–N with tert-alkyl or cyclic N) is 1. The molecular weight excluding hydrogens is 480 g/mol. The lowest BCUT2D eigenvalue weighted by Gasteiger charge is -2.34. The van der Waals surface area contributed by atoms with Gasteiger partial charge >= 0.3 is 0 Å². The van der Waals surface area contributed by atoms with Crippen molar-refractivity contribution in [1.82, 2.24) is 29.7 Å². The largest absolute Gasteiger partial charge is 0.395 e. The third-order valence-electron chi connectivity index (χ3n) is 8.67. The van der Waals surface area contributed by atoms with E-state index in [1.807, 2.05) is 18.5 Å². The molecule has 0 unspecified atom stereocenters. The Morgan fingerprint density at radius 3 is 2.34 bits per heavy atom. The number of anilines is 3. The second-order valence-corrected chi connectivity index (χ2v) is 11.1. The van der Waals surface area contributed by atoms with E-state index in [0.29, 0.717) is 23.9 Å². The van der Waals surface area contributed by atoms with Gasteiger partial charge in [0.2, 0.25) is 5.95 Å². The van der Waals surface area contributed by atoms with Crippen LogP contribution in [-0.4, -0.2) is 99.5 Å². The van der Waals surface area contributed by atoms with Crippen LogP contribution in [0.1, 0.15) is 42.9 Å². The summed E-state index contributed by atoms with van der Waals surface area (Å²) in [6.07, 6.45) is 8.84. The Hall–Kier alpha value is -2.92. The highest BCUT2D eigenvalue weighted by atomic mass is 16.5. The number of rotatable bonds is 8. The van der Waals surface area contributed by atoms with E-state index in [1.165, 1.54) is 31.2 Å². The van der Waals surface area contributed by atoms with Gasteiger partial charge in [0.25, 0.3) is 0 Å². The molecule has 0 saturated carbocycles. The summed E-state index contributed by atoms with van der Waals surface area (Å²) in [5.74, 6) is 2.66. The minimum atomic E-state index is 0.230. The highest BCUT2D eigenvalue weighted by Crippen LogP contribution is 2.43. The molecule has 7 heterocycles. The van der Waals surface area contributed by atoms with Crippen molar-refractivity contribution in [2.24, 2.45) is 0 Å². The number of aliphatic hydroxyl groups excluding tert-OH is 1. The van der Waals surface area contributed by atoms with E-state index >= 15 is 0 Å². The number of nitrogens with zero attached hydrogens (tertiary/aromatic N) is 7. The molecule has 10 heteroatoms. The van der Waals surface area contributed by atoms with Gasteiger partial charge in [-0.05, 0) is 43.4 Å². The van der Waals surface area contributed by atoms with E-state index in [2.05, 4.69) is 42.1 Å². The van der Waals surface area contributed by atoms with Gasteiger partial charge in [0.15, 0.2) is 5.82 Å². The van der Waals surface area contributed by atoms with Gasteiger partial charge in [-0.1, -0.05) is 6.07 Å². The van der Waals surface area contributed by atoms with Crippen molar-refractivity contribution in [2.45, 2.75) is 50.2 Å². The van der Waals surface area contributed by atoms with Crippen molar-refractivity contribution >= 4 is 28.5 Å². The first-order valence-electron chi connectivity index (χ1n) is 14.0. The molecule has 4 aliphatic heterocycles.